The van der Waals surface area contributed by atoms with Crippen LogP contribution in [0.2, 0.25) is 0 Å². The molecule has 2 N–H and O–H groups in total. The van der Waals surface area contributed by atoms with E-state index >= 15 is 0 Å². The van der Waals surface area contributed by atoms with Gasteiger partial charge in [0.05, 0.1) is 18.1 Å². The molecule has 0 aliphatic carbocycles. The molecule has 0 bridgehead atoms. The second-order valence-corrected chi connectivity index (χ2v) is 5.17. The predicted molar refractivity (Wildman–Crippen MR) is 69.7 cm³/mol. The highest BCUT2D eigenvalue weighted by atomic mass is 32.2. The van der Waals surface area contributed by atoms with E-state index in [2.05, 4.69) is 4.90 Å². The molecule has 7 heteroatoms. The smallest absolute Gasteiger partial charge is 0.313 e. The van der Waals surface area contributed by atoms with Crippen molar-refractivity contribution in [2.24, 2.45) is 0 Å². The number of hydrogen-bond acceptors (Lipinski definition) is 5. The number of amides is 1. The van der Waals surface area contributed by atoms with Gasteiger partial charge in [0.2, 0.25) is 5.91 Å². The topological polar surface area (TPSA) is 81.1 Å². The molecule has 0 radical (unpaired) electrons. The van der Waals surface area contributed by atoms with Crippen molar-refractivity contribution < 1.29 is 19.8 Å². The Morgan fingerprint density at radius 1 is 1.11 bits per heavy atom. The van der Waals surface area contributed by atoms with Crippen molar-refractivity contribution in [1.82, 2.24) is 9.80 Å². The Morgan fingerprint density at radius 3 is 2.56 bits per heavy atom. The standard InChI is InChI=1S/C11H20N2O4S/c14-7-6-12-2-1-3-13(5-4-12)10(15)8-18-9-11(16)17/h14H,1-9H2,(H,16,17). The third-order valence-corrected chi connectivity index (χ3v) is 3.71. The molecule has 0 aromatic rings. The second kappa shape index (κ2) is 8.34. The summed E-state index contributed by atoms with van der Waals surface area (Å²) in [6.45, 7) is 3.83. The number of hydrogen-bond donors (Lipinski definition) is 2. The van der Waals surface area contributed by atoms with Crippen LogP contribution in [0, 0.1) is 0 Å². The minimum atomic E-state index is -0.891. The van der Waals surface area contributed by atoms with Gasteiger partial charge in [-0.05, 0) is 13.0 Å². The van der Waals surface area contributed by atoms with Gasteiger partial charge in [-0.2, -0.15) is 0 Å². The molecule has 1 saturated heterocycles. The Hall–Kier alpha value is -0.790. The lowest BCUT2D eigenvalue weighted by Crippen LogP contribution is -2.37. The van der Waals surface area contributed by atoms with Crippen LogP contribution >= 0.6 is 11.8 Å². The van der Waals surface area contributed by atoms with Gasteiger partial charge in [0.25, 0.3) is 0 Å². The van der Waals surface area contributed by atoms with E-state index in [0.717, 1.165) is 31.3 Å². The van der Waals surface area contributed by atoms with Crippen molar-refractivity contribution in [3.05, 3.63) is 0 Å². The fraction of sp³-hybridized carbons (Fsp3) is 0.818. The molecule has 1 aliphatic rings. The highest BCUT2D eigenvalue weighted by Crippen LogP contribution is 2.07. The molecule has 1 rings (SSSR count). The molecule has 0 aromatic heterocycles. The van der Waals surface area contributed by atoms with Gasteiger partial charge in [-0.15, -0.1) is 11.8 Å². The molecular weight excluding hydrogens is 256 g/mol. The number of carbonyl (C=O) groups is 2. The number of carboxylic acid groups (broad SMARTS) is 1. The van der Waals surface area contributed by atoms with Crippen molar-refractivity contribution in [2.45, 2.75) is 6.42 Å². The summed E-state index contributed by atoms with van der Waals surface area (Å²) in [5, 5.41) is 17.4. The third-order valence-electron chi connectivity index (χ3n) is 2.81. The predicted octanol–water partition coefficient (Wildman–Crippen LogP) is -0.669. The molecule has 0 saturated carbocycles. The van der Waals surface area contributed by atoms with Gasteiger partial charge in [-0.25, -0.2) is 0 Å². The molecule has 6 nitrogen and oxygen atoms in total. The molecule has 1 amide bonds. The van der Waals surface area contributed by atoms with Crippen molar-refractivity contribution in [2.75, 3.05) is 50.8 Å². The lowest BCUT2D eigenvalue weighted by Gasteiger charge is -2.21. The first kappa shape index (κ1) is 15.3. The van der Waals surface area contributed by atoms with Crippen LogP contribution in [0.15, 0.2) is 0 Å². The summed E-state index contributed by atoms with van der Waals surface area (Å²) in [6, 6.07) is 0. The van der Waals surface area contributed by atoms with E-state index in [4.69, 9.17) is 10.2 Å². The summed E-state index contributed by atoms with van der Waals surface area (Å²) in [7, 11) is 0. The molecule has 0 spiro atoms. The van der Waals surface area contributed by atoms with Gasteiger partial charge in [-0.3, -0.25) is 14.5 Å². The highest BCUT2D eigenvalue weighted by Gasteiger charge is 2.18. The lowest BCUT2D eigenvalue weighted by molar-refractivity contribution is -0.133. The van der Waals surface area contributed by atoms with Crippen molar-refractivity contribution >= 4 is 23.6 Å². The fourth-order valence-electron chi connectivity index (χ4n) is 1.90. The Labute approximate surface area is 111 Å². The van der Waals surface area contributed by atoms with Crippen molar-refractivity contribution in [3.8, 4) is 0 Å². The van der Waals surface area contributed by atoms with Crippen LogP contribution in [0.25, 0.3) is 0 Å². The molecule has 18 heavy (non-hydrogen) atoms. The van der Waals surface area contributed by atoms with Gasteiger partial charge in [0.1, 0.15) is 0 Å². The zero-order chi connectivity index (χ0) is 13.4. The molecule has 0 atom stereocenters. The van der Waals surface area contributed by atoms with E-state index in [9.17, 15) is 9.59 Å². The van der Waals surface area contributed by atoms with Gasteiger partial charge in [0.15, 0.2) is 0 Å². The fourth-order valence-corrected chi connectivity index (χ4v) is 2.54. The Kier molecular flexibility index (Phi) is 7.07. The van der Waals surface area contributed by atoms with Gasteiger partial charge >= 0.3 is 5.97 Å². The number of carboxylic acids is 1. The van der Waals surface area contributed by atoms with Crippen LogP contribution in [0.3, 0.4) is 0 Å². The van der Waals surface area contributed by atoms with Crippen LogP contribution in [0.1, 0.15) is 6.42 Å². The normalized spacial score (nSPS) is 17.5. The maximum absolute atomic E-state index is 11.8. The summed E-state index contributed by atoms with van der Waals surface area (Å²) in [5.74, 6) is -0.687. The Bertz CT molecular complexity index is 288. The number of β-amino-alcohol motifs (C(OH)–C–C–N with tert-alkyl or cyclic N) is 1. The molecule has 0 unspecified atom stereocenters. The summed E-state index contributed by atoms with van der Waals surface area (Å²) in [4.78, 5) is 26.1. The molecule has 104 valence electrons. The largest absolute Gasteiger partial charge is 0.481 e. The maximum atomic E-state index is 11.8. The summed E-state index contributed by atoms with van der Waals surface area (Å²) in [5.41, 5.74) is 0. The summed E-state index contributed by atoms with van der Waals surface area (Å²) < 4.78 is 0. The van der Waals surface area contributed by atoms with Gasteiger partial charge < -0.3 is 15.1 Å². The zero-order valence-electron chi connectivity index (χ0n) is 10.4. The van der Waals surface area contributed by atoms with Crippen LogP contribution in [0.5, 0.6) is 0 Å². The number of aliphatic hydroxyl groups excluding tert-OH is 1. The monoisotopic (exact) mass is 276 g/mol. The SMILES string of the molecule is O=C(O)CSCC(=O)N1CCCN(CCO)CC1. The van der Waals surface area contributed by atoms with E-state index in [1.54, 1.807) is 4.90 Å². The molecule has 1 fully saturated rings. The number of rotatable bonds is 6. The van der Waals surface area contributed by atoms with Gasteiger partial charge in [0, 0.05) is 26.2 Å². The van der Waals surface area contributed by atoms with Gasteiger partial charge in [-0.1, -0.05) is 0 Å². The van der Waals surface area contributed by atoms with Crippen LogP contribution in [-0.4, -0.2) is 82.7 Å². The number of aliphatic hydroxyl groups is 1. The zero-order valence-corrected chi connectivity index (χ0v) is 11.2. The third kappa shape index (κ3) is 5.70. The van der Waals surface area contributed by atoms with Crippen molar-refractivity contribution in [3.63, 3.8) is 0 Å². The van der Waals surface area contributed by atoms with Crippen molar-refractivity contribution in [1.29, 1.82) is 0 Å². The number of aliphatic carboxylic acids is 1. The minimum Gasteiger partial charge on any atom is -0.481 e. The summed E-state index contributed by atoms with van der Waals surface area (Å²) in [6.07, 6.45) is 0.898. The number of carbonyl (C=O) groups excluding carboxylic acids is 1. The van der Waals surface area contributed by atoms with Crippen LogP contribution in [-0.2, 0) is 9.59 Å². The molecule has 1 heterocycles. The quantitative estimate of drug-likeness (QED) is 0.670. The average molecular weight is 276 g/mol. The molecule has 0 aromatic carbocycles. The van der Waals surface area contributed by atoms with E-state index in [1.165, 1.54) is 0 Å². The average Bonchev–Trinajstić information content (AvgIpc) is 2.54. The number of nitrogens with zero attached hydrogens (tertiary/aromatic N) is 2. The van der Waals surface area contributed by atoms with E-state index < -0.39 is 5.97 Å². The summed E-state index contributed by atoms with van der Waals surface area (Å²) >= 11 is 1.14. The maximum Gasteiger partial charge on any atom is 0.313 e. The first-order valence-corrected chi connectivity index (χ1v) is 7.19. The first-order valence-electron chi connectivity index (χ1n) is 6.04. The minimum absolute atomic E-state index is 0.00657. The first-order chi connectivity index (χ1) is 8.63. The Balaban J connectivity index is 2.28. The van der Waals surface area contributed by atoms with E-state index in [0.29, 0.717) is 19.6 Å². The van der Waals surface area contributed by atoms with E-state index in [1.807, 2.05) is 0 Å². The second-order valence-electron chi connectivity index (χ2n) is 4.19. The molecule has 1 aliphatic heterocycles. The molecular formula is C11H20N2O4S. The van der Waals surface area contributed by atoms with Crippen LogP contribution in [0.4, 0.5) is 0 Å². The lowest BCUT2D eigenvalue weighted by atomic mass is 10.4. The number of thioether (sulfide) groups is 1. The highest BCUT2D eigenvalue weighted by molar-refractivity contribution is 8.00. The van der Waals surface area contributed by atoms with E-state index in [-0.39, 0.29) is 24.0 Å². The van der Waals surface area contributed by atoms with Crippen LogP contribution < -0.4 is 0 Å². The Morgan fingerprint density at radius 2 is 1.89 bits per heavy atom.